The van der Waals surface area contributed by atoms with Gasteiger partial charge in [-0.15, -0.1) is 0 Å². The standard InChI is InChI=1S/C18H22N6/c1-22-17-16(12-21-22)18(20-14-19-17)24-9-5-8-23(10-11-24)13-15-6-3-2-4-7-15/h2-4,6-7,12,14H,5,8-11,13H2,1H3. The Morgan fingerprint density at radius 3 is 2.75 bits per heavy atom. The molecule has 4 rings (SSSR count). The molecule has 1 aliphatic heterocycles. The Balaban J connectivity index is 1.50. The summed E-state index contributed by atoms with van der Waals surface area (Å²) in [4.78, 5) is 13.8. The highest BCUT2D eigenvalue weighted by atomic mass is 15.3. The Kier molecular flexibility index (Phi) is 4.13. The number of anilines is 1. The van der Waals surface area contributed by atoms with E-state index in [1.54, 1.807) is 11.0 Å². The van der Waals surface area contributed by atoms with Crippen molar-refractivity contribution in [1.82, 2.24) is 24.6 Å². The number of nitrogens with zero attached hydrogens (tertiary/aromatic N) is 6. The molecule has 2 aromatic heterocycles. The molecule has 24 heavy (non-hydrogen) atoms. The van der Waals surface area contributed by atoms with E-state index in [0.717, 1.165) is 56.0 Å². The number of aromatic nitrogens is 4. The van der Waals surface area contributed by atoms with Crippen LogP contribution in [0.25, 0.3) is 11.0 Å². The zero-order chi connectivity index (χ0) is 16.4. The first kappa shape index (κ1) is 15.1. The molecule has 0 amide bonds. The van der Waals surface area contributed by atoms with Crippen LogP contribution in [0.3, 0.4) is 0 Å². The highest BCUT2D eigenvalue weighted by molar-refractivity contribution is 5.86. The van der Waals surface area contributed by atoms with Gasteiger partial charge in [-0.3, -0.25) is 9.58 Å². The van der Waals surface area contributed by atoms with E-state index in [1.165, 1.54) is 5.56 Å². The molecular formula is C18H22N6. The van der Waals surface area contributed by atoms with E-state index < -0.39 is 0 Å². The van der Waals surface area contributed by atoms with Gasteiger partial charge in [0.25, 0.3) is 0 Å². The molecule has 124 valence electrons. The Labute approximate surface area is 141 Å². The molecular weight excluding hydrogens is 300 g/mol. The Morgan fingerprint density at radius 2 is 1.88 bits per heavy atom. The van der Waals surface area contributed by atoms with Crippen molar-refractivity contribution in [3.8, 4) is 0 Å². The molecule has 6 heteroatoms. The van der Waals surface area contributed by atoms with Gasteiger partial charge in [-0.1, -0.05) is 30.3 Å². The fourth-order valence-electron chi connectivity index (χ4n) is 3.38. The van der Waals surface area contributed by atoms with Gasteiger partial charge in [0.1, 0.15) is 12.1 Å². The Bertz CT molecular complexity index is 813. The first-order valence-corrected chi connectivity index (χ1v) is 8.45. The Hall–Kier alpha value is -2.47. The number of aryl methyl sites for hydroxylation is 1. The number of hydrogen-bond acceptors (Lipinski definition) is 5. The second-order valence-corrected chi connectivity index (χ2v) is 6.31. The summed E-state index contributed by atoms with van der Waals surface area (Å²) in [6.07, 6.45) is 4.65. The van der Waals surface area contributed by atoms with Gasteiger partial charge in [-0.05, 0) is 12.0 Å². The zero-order valence-electron chi connectivity index (χ0n) is 14.0. The maximum Gasteiger partial charge on any atom is 0.163 e. The van der Waals surface area contributed by atoms with Gasteiger partial charge in [0.05, 0.1) is 11.6 Å². The quantitative estimate of drug-likeness (QED) is 0.739. The van der Waals surface area contributed by atoms with Crippen LogP contribution < -0.4 is 4.90 Å². The second-order valence-electron chi connectivity index (χ2n) is 6.31. The zero-order valence-corrected chi connectivity index (χ0v) is 14.0. The second kappa shape index (κ2) is 6.57. The monoisotopic (exact) mass is 322 g/mol. The lowest BCUT2D eigenvalue weighted by atomic mass is 10.2. The van der Waals surface area contributed by atoms with Gasteiger partial charge in [0.15, 0.2) is 5.65 Å². The van der Waals surface area contributed by atoms with Crippen molar-refractivity contribution < 1.29 is 0 Å². The van der Waals surface area contributed by atoms with Crippen molar-refractivity contribution in [2.24, 2.45) is 7.05 Å². The van der Waals surface area contributed by atoms with Crippen LogP contribution >= 0.6 is 0 Å². The predicted octanol–water partition coefficient (Wildman–Crippen LogP) is 2.08. The van der Waals surface area contributed by atoms with Crippen LogP contribution in [0, 0.1) is 0 Å². The predicted molar refractivity (Wildman–Crippen MR) is 94.9 cm³/mol. The van der Waals surface area contributed by atoms with E-state index in [1.807, 2.05) is 13.2 Å². The summed E-state index contributed by atoms with van der Waals surface area (Å²) in [6, 6.07) is 10.7. The maximum atomic E-state index is 4.54. The summed E-state index contributed by atoms with van der Waals surface area (Å²) in [6.45, 7) is 5.17. The van der Waals surface area contributed by atoms with Crippen molar-refractivity contribution in [1.29, 1.82) is 0 Å². The van der Waals surface area contributed by atoms with Crippen LogP contribution in [0.1, 0.15) is 12.0 Å². The summed E-state index contributed by atoms with van der Waals surface area (Å²) >= 11 is 0. The molecule has 0 aliphatic carbocycles. The summed E-state index contributed by atoms with van der Waals surface area (Å²) < 4.78 is 1.81. The van der Waals surface area contributed by atoms with E-state index >= 15 is 0 Å². The maximum absolute atomic E-state index is 4.54. The third kappa shape index (κ3) is 2.97. The summed E-state index contributed by atoms with van der Waals surface area (Å²) in [5.74, 6) is 1.01. The van der Waals surface area contributed by atoms with Crippen molar-refractivity contribution in [3.05, 3.63) is 48.4 Å². The first-order valence-electron chi connectivity index (χ1n) is 8.45. The number of fused-ring (bicyclic) bond motifs is 1. The lowest BCUT2D eigenvalue weighted by Crippen LogP contribution is -2.31. The van der Waals surface area contributed by atoms with Crippen LogP contribution in [0.15, 0.2) is 42.9 Å². The fraction of sp³-hybridized carbons (Fsp3) is 0.389. The molecule has 3 heterocycles. The van der Waals surface area contributed by atoms with Crippen molar-refractivity contribution in [3.63, 3.8) is 0 Å². The average molecular weight is 322 g/mol. The third-order valence-electron chi connectivity index (χ3n) is 4.65. The van der Waals surface area contributed by atoms with E-state index in [0.29, 0.717) is 0 Å². The lowest BCUT2D eigenvalue weighted by Gasteiger charge is -2.23. The van der Waals surface area contributed by atoms with Crippen LogP contribution in [-0.4, -0.2) is 50.8 Å². The molecule has 3 aromatic rings. The molecule has 0 unspecified atom stereocenters. The molecule has 0 spiro atoms. The van der Waals surface area contributed by atoms with Crippen LogP contribution in [-0.2, 0) is 13.6 Å². The van der Waals surface area contributed by atoms with Crippen molar-refractivity contribution in [2.45, 2.75) is 13.0 Å². The van der Waals surface area contributed by atoms with E-state index in [-0.39, 0.29) is 0 Å². The molecule has 0 saturated carbocycles. The Morgan fingerprint density at radius 1 is 1.00 bits per heavy atom. The fourth-order valence-corrected chi connectivity index (χ4v) is 3.38. The third-order valence-corrected chi connectivity index (χ3v) is 4.65. The largest absolute Gasteiger partial charge is 0.355 e. The first-order chi connectivity index (χ1) is 11.8. The van der Waals surface area contributed by atoms with Gasteiger partial charge in [-0.25, -0.2) is 9.97 Å². The van der Waals surface area contributed by atoms with E-state index in [4.69, 9.17) is 0 Å². The van der Waals surface area contributed by atoms with Gasteiger partial charge >= 0.3 is 0 Å². The summed E-state index contributed by atoms with van der Waals surface area (Å²) in [7, 11) is 1.92. The average Bonchev–Trinajstić information content (AvgIpc) is 2.85. The molecule has 6 nitrogen and oxygen atoms in total. The lowest BCUT2D eigenvalue weighted by molar-refractivity contribution is 0.285. The van der Waals surface area contributed by atoms with Crippen LogP contribution in [0.5, 0.6) is 0 Å². The SMILES string of the molecule is Cn1ncc2c(N3CCCN(Cc4ccccc4)CC3)ncnc21. The molecule has 0 N–H and O–H groups in total. The van der Waals surface area contributed by atoms with Crippen LogP contribution in [0.2, 0.25) is 0 Å². The van der Waals surface area contributed by atoms with E-state index in [9.17, 15) is 0 Å². The minimum absolute atomic E-state index is 0.894. The summed E-state index contributed by atoms with van der Waals surface area (Å²) in [5, 5.41) is 5.36. The molecule has 1 aliphatic rings. The van der Waals surface area contributed by atoms with Gasteiger partial charge < -0.3 is 4.90 Å². The normalized spacial score (nSPS) is 16.5. The molecule has 0 atom stereocenters. The molecule has 0 radical (unpaired) electrons. The number of hydrogen-bond donors (Lipinski definition) is 0. The topological polar surface area (TPSA) is 50.1 Å². The molecule has 0 bridgehead atoms. The van der Waals surface area contributed by atoms with E-state index in [2.05, 4.69) is 55.2 Å². The molecule has 1 saturated heterocycles. The van der Waals surface area contributed by atoms with Gasteiger partial charge in [-0.2, -0.15) is 5.10 Å². The van der Waals surface area contributed by atoms with Crippen molar-refractivity contribution in [2.75, 3.05) is 31.1 Å². The molecule has 1 fully saturated rings. The van der Waals surface area contributed by atoms with Crippen LogP contribution in [0.4, 0.5) is 5.82 Å². The van der Waals surface area contributed by atoms with Crippen molar-refractivity contribution >= 4 is 16.9 Å². The molecule has 1 aromatic carbocycles. The number of rotatable bonds is 3. The highest BCUT2D eigenvalue weighted by Gasteiger charge is 2.19. The van der Waals surface area contributed by atoms with Gasteiger partial charge in [0.2, 0.25) is 0 Å². The van der Waals surface area contributed by atoms with Gasteiger partial charge in [0, 0.05) is 39.8 Å². The highest BCUT2D eigenvalue weighted by Crippen LogP contribution is 2.23. The minimum atomic E-state index is 0.894. The minimum Gasteiger partial charge on any atom is -0.355 e. The number of benzene rings is 1. The smallest absolute Gasteiger partial charge is 0.163 e. The summed E-state index contributed by atoms with van der Waals surface area (Å²) in [5.41, 5.74) is 2.27.